The van der Waals surface area contributed by atoms with Crippen molar-refractivity contribution in [1.82, 2.24) is 10.2 Å². The van der Waals surface area contributed by atoms with Crippen LogP contribution in [0.2, 0.25) is 0 Å². The predicted octanol–water partition coefficient (Wildman–Crippen LogP) is 0.807. The third-order valence-electron chi connectivity index (χ3n) is 3.30. The fraction of sp³-hybridized carbons (Fsp3) is 1.00. The minimum atomic E-state index is 0.282. The lowest BCUT2D eigenvalue weighted by Gasteiger charge is -2.52. The van der Waals surface area contributed by atoms with E-state index in [-0.39, 0.29) is 5.66 Å². The van der Waals surface area contributed by atoms with E-state index in [1.165, 1.54) is 13.0 Å². The molecule has 76 valence electrons. The monoisotopic (exact) mass is 184 g/mol. The van der Waals surface area contributed by atoms with Gasteiger partial charge in [-0.3, -0.25) is 10.2 Å². The van der Waals surface area contributed by atoms with E-state index in [4.69, 9.17) is 4.74 Å². The smallest absolute Gasteiger partial charge is 0.0750 e. The summed E-state index contributed by atoms with van der Waals surface area (Å²) in [5.74, 6) is 0. The fourth-order valence-electron chi connectivity index (χ4n) is 2.49. The van der Waals surface area contributed by atoms with E-state index >= 15 is 0 Å². The molecule has 0 radical (unpaired) electrons. The minimum Gasteiger partial charge on any atom is -0.380 e. The van der Waals surface area contributed by atoms with Crippen molar-refractivity contribution in [2.45, 2.75) is 38.4 Å². The van der Waals surface area contributed by atoms with E-state index in [9.17, 15) is 0 Å². The molecule has 2 saturated heterocycles. The van der Waals surface area contributed by atoms with E-state index in [1.807, 2.05) is 0 Å². The molecule has 0 unspecified atom stereocenters. The molecule has 0 bridgehead atoms. The van der Waals surface area contributed by atoms with Crippen molar-refractivity contribution in [2.75, 3.05) is 26.3 Å². The summed E-state index contributed by atoms with van der Waals surface area (Å²) in [7, 11) is 0. The average Bonchev–Trinajstić information content (AvgIpc) is 2.23. The molecule has 1 atom stereocenters. The van der Waals surface area contributed by atoms with Gasteiger partial charge in [-0.25, -0.2) is 0 Å². The van der Waals surface area contributed by atoms with Crippen LogP contribution in [0.15, 0.2) is 0 Å². The second-order valence-electron chi connectivity index (χ2n) is 4.36. The number of nitrogens with one attached hydrogen (secondary N) is 1. The van der Waals surface area contributed by atoms with Gasteiger partial charge in [0.05, 0.1) is 12.3 Å². The lowest BCUT2D eigenvalue weighted by Crippen LogP contribution is -2.68. The van der Waals surface area contributed by atoms with E-state index in [1.54, 1.807) is 0 Å². The van der Waals surface area contributed by atoms with Crippen LogP contribution in [0.25, 0.3) is 0 Å². The van der Waals surface area contributed by atoms with Crippen LogP contribution in [0.5, 0.6) is 0 Å². The molecule has 0 saturated carbocycles. The van der Waals surface area contributed by atoms with Gasteiger partial charge < -0.3 is 4.74 Å². The highest BCUT2D eigenvalue weighted by Gasteiger charge is 2.43. The largest absolute Gasteiger partial charge is 0.380 e. The van der Waals surface area contributed by atoms with Crippen LogP contribution in [0.3, 0.4) is 0 Å². The lowest BCUT2D eigenvalue weighted by atomic mass is 9.91. The van der Waals surface area contributed by atoms with E-state index in [2.05, 4.69) is 24.1 Å². The van der Waals surface area contributed by atoms with Gasteiger partial charge in [-0.05, 0) is 26.8 Å². The van der Waals surface area contributed by atoms with Gasteiger partial charge >= 0.3 is 0 Å². The molecule has 2 aliphatic heterocycles. The minimum absolute atomic E-state index is 0.282. The summed E-state index contributed by atoms with van der Waals surface area (Å²) < 4.78 is 5.52. The molecule has 1 spiro atoms. The van der Waals surface area contributed by atoms with Crippen LogP contribution < -0.4 is 5.32 Å². The van der Waals surface area contributed by atoms with Crippen LogP contribution in [0, 0.1) is 0 Å². The van der Waals surface area contributed by atoms with Gasteiger partial charge in [0, 0.05) is 25.6 Å². The first-order chi connectivity index (χ1) is 6.25. The summed E-state index contributed by atoms with van der Waals surface area (Å²) in [4.78, 5) is 2.56. The highest BCUT2D eigenvalue weighted by atomic mass is 16.5. The molecular weight excluding hydrogens is 164 g/mol. The zero-order valence-electron chi connectivity index (χ0n) is 8.68. The summed E-state index contributed by atoms with van der Waals surface area (Å²) in [6, 6.07) is 0.620. The molecule has 0 aromatic rings. The number of hydrogen-bond acceptors (Lipinski definition) is 3. The molecule has 2 heterocycles. The van der Waals surface area contributed by atoms with Crippen molar-refractivity contribution in [3.8, 4) is 0 Å². The molecule has 2 rings (SSSR count). The predicted molar refractivity (Wildman–Crippen MR) is 52.6 cm³/mol. The fourth-order valence-corrected chi connectivity index (χ4v) is 2.49. The second kappa shape index (κ2) is 3.56. The second-order valence-corrected chi connectivity index (χ2v) is 4.36. The van der Waals surface area contributed by atoms with Gasteiger partial charge in [0.25, 0.3) is 0 Å². The van der Waals surface area contributed by atoms with Crippen LogP contribution in [0.1, 0.15) is 26.7 Å². The molecule has 0 aromatic heterocycles. The lowest BCUT2D eigenvalue weighted by molar-refractivity contribution is -0.0218. The van der Waals surface area contributed by atoms with Crippen LogP contribution in [-0.4, -0.2) is 42.9 Å². The molecule has 0 aromatic carbocycles. The summed E-state index contributed by atoms with van der Waals surface area (Å²) in [5.41, 5.74) is 0.282. The van der Waals surface area contributed by atoms with Crippen molar-refractivity contribution < 1.29 is 4.74 Å². The molecule has 3 nitrogen and oxygen atoms in total. The number of nitrogens with zero attached hydrogens (tertiary/aromatic N) is 1. The molecule has 0 amide bonds. The van der Waals surface area contributed by atoms with Gasteiger partial charge in [-0.15, -0.1) is 0 Å². The number of ether oxygens (including phenoxy) is 1. The first-order valence-corrected chi connectivity index (χ1v) is 5.34. The van der Waals surface area contributed by atoms with Crippen molar-refractivity contribution >= 4 is 0 Å². The maximum atomic E-state index is 5.52. The molecule has 0 aliphatic carbocycles. The average molecular weight is 184 g/mol. The molecule has 1 N–H and O–H groups in total. The van der Waals surface area contributed by atoms with E-state index in [0.717, 1.165) is 26.2 Å². The van der Waals surface area contributed by atoms with Crippen LogP contribution >= 0.6 is 0 Å². The van der Waals surface area contributed by atoms with Gasteiger partial charge in [-0.1, -0.05) is 0 Å². The summed E-state index contributed by atoms with van der Waals surface area (Å²) in [6.07, 6.45) is 2.43. The highest BCUT2D eigenvalue weighted by Crippen LogP contribution is 2.30. The van der Waals surface area contributed by atoms with Crippen LogP contribution in [0.4, 0.5) is 0 Å². The summed E-state index contributed by atoms with van der Waals surface area (Å²) >= 11 is 0. The van der Waals surface area contributed by atoms with Gasteiger partial charge in [0.2, 0.25) is 0 Å². The normalized spacial score (nSPS) is 36.2. The Balaban J connectivity index is 2.09. The Bertz CT molecular complexity index is 178. The topological polar surface area (TPSA) is 24.5 Å². The van der Waals surface area contributed by atoms with Gasteiger partial charge in [-0.2, -0.15) is 0 Å². The van der Waals surface area contributed by atoms with Crippen molar-refractivity contribution in [3.05, 3.63) is 0 Å². The third-order valence-corrected chi connectivity index (χ3v) is 3.30. The molecule has 3 heteroatoms. The first kappa shape index (κ1) is 9.44. The van der Waals surface area contributed by atoms with Crippen molar-refractivity contribution in [2.24, 2.45) is 0 Å². The van der Waals surface area contributed by atoms with Crippen molar-refractivity contribution in [1.29, 1.82) is 0 Å². The highest BCUT2D eigenvalue weighted by molar-refractivity contribution is 4.98. The molecular formula is C10H20N2O. The Hall–Kier alpha value is -0.120. The third kappa shape index (κ3) is 1.60. The zero-order valence-corrected chi connectivity index (χ0v) is 8.68. The number of hydrogen-bond donors (Lipinski definition) is 1. The zero-order chi connectivity index (χ0) is 9.31. The van der Waals surface area contributed by atoms with E-state index in [0.29, 0.717) is 6.04 Å². The van der Waals surface area contributed by atoms with Crippen molar-refractivity contribution in [3.63, 3.8) is 0 Å². The quantitative estimate of drug-likeness (QED) is 0.652. The van der Waals surface area contributed by atoms with Gasteiger partial charge in [0.15, 0.2) is 0 Å². The maximum absolute atomic E-state index is 5.52. The van der Waals surface area contributed by atoms with Crippen LogP contribution in [-0.2, 0) is 4.74 Å². The molecule has 13 heavy (non-hydrogen) atoms. The van der Waals surface area contributed by atoms with Gasteiger partial charge in [0.1, 0.15) is 0 Å². The first-order valence-electron chi connectivity index (χ1n) is 5.34. The number of rotatable bonds is 1. The molecule has 2 fully saturated rings. The maximum Gasteiger partial charge on any atom is 0.0750 e. The Morgan fingerprint density at radius 3 is 2.62 bits per heavy atom. The Morgan fingerprint density at radius 2 is 2.08 bits per heavy atom. The SMILES string of the molecule is CC(C)N1CCOCC[C@@]12CCN2. The Labute approximate surface area is 80.4 Å². The molecule has 2 aliphatic rings. The standard InChI is InChI=1S/C10H20N2O/c1-9(2)12-6-8-13-7-4-10(12)3-5-11-10/h9,11H,3-8H2,1-2H3/t10-/m1/s1. The Morgan fingerprint density at radius 1 is 1.31 bits per heavy atom. The van der Waals surface area contributed by atoms with E-state index < -0.39 is 0 Å². The summed E-state index contributed by atoms with van der Waals surface area (Å²) in [6.45, 7) is 8.59. The summed E-state index contributed by atoms with van der Waals surface area (Å²) in [5, 5.41) is 3.58. The Kier molecular flexibility index (Phi) is 2.58.